The molecule has 1 unspecified atom stereocenters. The minimum atomic E-state index is -0.124. The van der Waals surface area contributed by atoms with Crippen LogP contribution in [0.5, 0.6) is 0 Å². The zero-order valence-corrected chi connectivity index (χ0v) is 12.1. The molecule has 4 nitrogen and oxygen atoms in total. The van der Waals surface area contributed by atoms with E-state index in [-0.39, 0.29) is 17.6 Å². The highest BCUT2D eigenvalue weighted by atomic mass is 16.1. The summed E-state index contributed by atoms with van der Waals surface area (Å²) < 4.78 is 0. The van der Waals surface area contributed by atoms with E-state index >= 15 is 0 Å². The smallest absolute Gasteiger partial charge is 0.223 e. The molecule has 1 aromatic rings. The summed E-state index contributed by atoms with van der Waals surface area (Å²) >= 11 is 0. The fraction of sp³-hybridized carbons (Fsp3) is 0.467. The number of likely N-dealkylation sites (N-methyl/N-ethyl adjacent to an activating group) is 1. The standard InChI is InChI=1S/C15H22N2O2/c1-11-5-7-13(8-6-11)14(18)10-17(4)9-12(2)15(19)16-3/h5-8,12H,9-10H2,1-4H3,(H,16,19). The summed E-state index contributed by atoms with van der Waals surface area (Å²) in [6, 6.07) is 7.54. The van der Waals surface area contributed by atoms with Crippen molar-refractivity contribution in [1.82, 2.24) is 10.2 Å². The molecule has 104 valence electrons. The van der Waals surface area contributed by atoms with Crippen molar-refractivity contribution in [1.29, 1.82) is 0 Å². The number of carbonyl (C=O) groups excluding carboxylic acids is 2. The second-order valence-electron chi connectivity index (χ2n) is 5.00. The molecule has 1 atom stereocenters. The fourth-order valence-corrected chi connectivity index (χ4v) is 1.94. The largest absolute Gasteiger partial charge is 0.359 e. The molecule has 1 N–H and O–H groups in total. The molecule has 19 heavy (non-hydrogen) atoms. The van der Waals surface area contributed by atoms with Crippen LogP contribution in [0.4, 0.5) is 0 Å². The van der Waals surface area contributed by atoms with E-state index in [1.807, 2.05) is 50.1 Å². The Labute approximate surface area is 114 Å². The van der Waals surface area contributed by atoms with Crippen LogP contribution in [-0.4, -0.2) is 43.8 Å². The lowest BCUT2D eigenvalue weighted by atomic mass is 10.1. The maximum absolute atomic E-state index is 12.0. The molecule has 0 aliphatic heterocycles. The van der Waals surface area contributed by atoms with Gasteiger partial charge in [0.15, 0.2) is 5.78 Å². The molecular weight excluding hydrogens is 240 g/mol. The molecule has 0 saturated carbocycles. The summed E-state index contributed by atoms with van der Waals surface area (Å²) in [7, 11) is 3.47. The normalized spacial score (nSPS) is 12.3. The number of amides is 1. The molecule has 1 aromatic carbocycles. The van der Waals surface area contributed by atoms with Gasteiger partial charge < -0.3 is 5.32 Å². The maximum Gasteiger partial charge on any atom is 0.223 e. The Balaban J connectivity index is 2.52. The van der Waals surface area contributed by atoms with E-state index in [1.165, 1.54) is 0 Å². The second-order valence-corrected chi connectivity index (χ2v) is 5.00. The van der Waals surface area contributed by atoms with Gasteiger partial charge >= 0.3 is 0 Å². The molecular formula is C15H22N2O2. The SMILES string of the molecule is CNC(=O)C(C)CN(C)CC(=O)c1ccc(C)cc1. The van der Waals surface area contributed by atoms with Crippen molar-refractivity contribution in [2.45, 2.75) is 13.8 Å². The first-order valence-electron chi connectivity index (χ1n) is 6.44. The molecule has 0 aliphatic carbocycles. The Morgan fingerprint density at radius 1 is 1.26 bits per heavy atom. The molecule has 0 fully saturated rings. The van der Waals surface area contributed by atoms with Gasteiger partial charge in [-0.25, -0.2) is 0 Å². The number of carbonyl (C=O) groups is 2. The molecule has 0 radical (unpaired) electrons. The Kier molecular flexibility index (Phi) is 5.70. The van der Waals surface area contributed by atoms with Crippen LogP contribution in [0.25, 0.3) is 0 Å². The summed E-state index contributed by atoms with van der Waals surface area (Å²) in [4.78, 5) is 25.3. The quantitative estimate of drug-likeness (QED) is 0.790. The lowest BCUT2D eigenvalue weighted by Crippen LogP contribution is -2.36. The summed E-state index contributed by atoms with van der Waals surface area (Å²) in [5.41, 5.74) is 1.85. The summed E-state index contributed by atoms with van der Waals surface area (Å²) in [5, 5.41) is 2.61. The van der Waals surface area contributed by atoms with Crippen molar-refractivity contribution < 1.29 is 9.59 Å². The molecule has 0 heterocycles. The number of nitrogens with zero attached hydrogens (tertiary/aromatic N) is 1. The van der Waals surface area contributed by atoms with E-state index in [9.17, 15) is 9.59 Å². The Bertz CT molecular complexity index is 440. The van der Waals surface area contributed by atoms with Crippen LogP contribution in [-0.2, 0) is 4.79 Å². The Morgan fingerprint density at radius 2 is 1.84 bits per heavy atom. The first-order chi connectivity index (χ1) is 8.93. The van der Waals surface area contributed by atoms with E-state index in [0.29, 0.717) is 18.7 Å². The third kappa shape index (κ3) is 4.83. The molecule has 1 amide bonds. The van der Waals surface area contributed by atoms with Crippen LogP contribution in [0.15, 0.2) is 24.3 Å². The van der Waals surface area contributed by atoms with Gasteiger partial charge in [0.05, 0.1) is 6.54 Å². The Morgan fingerprint density at radius 3 is 2.37 bits per heavy atom. The van der Waals surface area contributed by atoms with Crippen molar-refractivity contribution in [3.8, 4) is 0 Å². The van der Waals surface area contributed by atoms with Crippen molar-refractivity contribution >= 4 is 11.7 Å². The number of Topliss-reactive ketones (excluding diaryl/α,β-unsaturated/α-hetero) is 1. The molecule has 0 saturated heterocycles. The minimum absolute atomic E-state index is 0.00497. The van der Waals surface area contributed by atoms with Crippen LogP contribution < -0.4 is 5.32 Å². The average molecular weight is 262 g/mol. The van der Waals surface area contributed by atoms with E-state index in [1.54, 1.807) is 7.05 Å². The third-order valence-electron chi connectivity index (χ3n) is 3.07. The summed E-state index contributed by atoms with van der Waals surface area (Å²) in [6.07, 6.45) is 0. The molecule has 4 heteroatoms. The van der Waals surface area contributed by atoms with Crippen LogP contribution in [0, 0.1) is 12.8 Å². The van der Waals surface area contributed by atoms with E-state index < -0.39 is 0 Å². The zero-order chi connectivity index (χ0) is 14.4. The van der Waals surface area contributed by atoms with Gasteiger partial charge in [-0.15, -0.1) is 0 Å². The highest BCUT2D eigenvalue weighted by Crippen LogP contribution is 2.06. The first kappa shape index (κ1) is 15.4. The Hall–Kier alpha value is -1.68. The molecule has 0 aliphatic rings. The van der Waals surface area contributed by atoms with Crippen molar-refractivity contribution in [2.75, 3.05) is 27.2 Å². The fourth-order valence-electron chi connectivity index (χ4n) is 1.94. The lowest BCUT2D eigenvalue weighted by molar-refractivity contribution is -0.124. The van der Waals surface area contributed by atoms with E-state index in [0.717, 1.165) is 5.56 Å². The average Bonchev–Trinajstić information content (AvgIpc) is 2.38. The predicted octanol–water partition coefficient (Wildman–Crippen LogP) is 1.49. The van der Waals surface area contributed by atoms with E-state index in [2.05, 4.69) is 5.32 Å². The minimum Gasteiger partial charge on any atom is -0.359 e. The molecule has 1 rings (SSSR count). The maximum atomic E-state index is 12.0. The number of aryl methyl sites for hydroxylation is 1. The third-order valence-corrected chi connectivity index (χ3v) is 3.07. The van der Waals surface area contributed by atoms with E-state index in [4.69, 9.17) is 0 Å². The van der Waals surface area contributed by atoms with Crippen molar-refractivity contribution in [3.63, 3.8) is 0 Å². The van der Waals surface area contributed by atoms with Crippen molar-refractivity contribution in [3.05, 3.63) is 35.4 Å². The molecule has 0 aromatic heterocycles. The van der Waals surface area contributed by atoms with Gasteiger partial charge in [-0.1, -0.05) is 36.8 Å². The number of rotatable bonds is 6. The predicted molar refractivity (Wildman–Crippen MR) is 76.2 cm³/mol. The second kappa shape index (κ2) is 7.04. The van der Waals surface area contributed by atoms with Gasteiger partial charge in [0, 0.05) is 25.1 Å². The number of hydrogen-bond acceptors (Lipinski definition) is 3. The highest BCUT2D eigenvalue weighted by Gasteiger charge is 2.16. The number of benzene rings is 1. The van der Waals surface area contributed by atoms with Gasteiger partial charge in [-0.05, 0) is 14.0 Å². The van der Waals surface area contributed by atoms with Crippen LogP contribution in [0.3, 0.4) is 0 Å². The summed E-state index contributed by atoms with van der Waals surface area (Å²) in [6.45, 7) is 4.73. The summed E-state index contributed by atoms with van der Waals surface area (Å²) in [5.74, 6) is -0.0536. The topological polar surface area (TPSA) is 49.4 Å². The van der Waals surface area contributed by atoms with Crippen LogP contribution in [0.1, 0.15) is 22.8 Å². The number of nitrogens with one attached hydrogen (secondary N) is 1. The van der Waals surface area contributed by atoms with Gasteiger partial charge in [-0.3, -0.25) is 14.5 Å². The zero-order valence-electron chi connectivity index (χ0n) is 12.1. The molecule has 0 spiro atoms. The van der Waals surface area contributed by atoms with Gasteiger partial charge in [-0.2, -0.15) is 0 Å². The van der Waals surface area contributed by atoms with Crippen molar-refractivity contribution in [2.24, 2.45) is 5.92 Å². The number of ketones is 1. The highest BCUT2D eigenvalue weighted by molar-refractivity contribution is 5.97. The van der Waals surface area contributed by atoms with Gasteiger partial charge in [0.25, 0.3) is 0 Å². The van der Waals surface area contributed by atoms with Gasteiger partial charge in [0.2, 0.25) is 5.91 Å². The number of hydrogen-bond donors (Lipinski definition) is 1. The first-order valence-corrected chi connectivity index (χ1v) is 6.44. The molecule has 0 bridgehead atoms. The monoisotopic (exact) mass is 262 g/mol. The van der Waals surface area contributed by atoms with Gasteiger partial charge in [0.1, 0.15) is 0 Å². The van der Waals surface area contributed by atoms with Crippen LogP contribution in [0.2, 0.25) is 0 Å². The van der Waals surface area contributed by atoms with Crippen LogP contribution >= 0.6 is 0 Å². The lowest BCUT2D eigenvalue weighted by Gasteiger charge is -2.19.